The van der Waals surface area contributed by atoms with Crippen molar-refractivity contribution in [3.05, 3.63) is 93.8 Å². The third kappa shape index (κ3) is 6.69. The zero-order valence-corrected chi connectivity index (χ0v) is 23.1. The van der Waals surface area contributed by atoms with Crippen LogP contribution in [-0.2, 0) is 23.2 Å². The number of carbonyl (C=O) groups excluding carboxylic acids is 2. The Balaban J connectivity index is 1.54. The lowest BCUT2D eigenvalue weighted by Crippen LogP contribution is -2.43. The second kappa shape index (κ2) is 11.8. The van der Waals surface area contributed by atoms with Crippen molar-refractivity contribution in [2.24, 2.45) is 0 Å². The maximum absolute atomic E-state index is 13.7. The van der Waals surface area contributed by atoms with Crippen molar-refractivity contribution in [2.45, 2.75) is 52.5 Å². The van der Waals surface area contributed by atoms with Crippen molar-refractivity contribution in [1.82, 2.24) is 14.8 Å². The van der Waals surface area contributed by atoms with Crippen LogP contribution >= 0.6 is 11.3 Å². The van der Waals surface area contributed by atoms with Crippen LogP contribution in [-0.4, -0.2) is 46.2 Å². The summed E-state index contributed by atoms with van der Waals surface area (Å²) in [4.78, 5) is 34.4. The van der Waals surface area contributed by atoms with Crippen molar-refractivity contribution in [1.29, 1.82) is 0 Å². The van der Waals surface area contributed by atoms with E-state index in [0.29, 0.717) is 24.5 Å². The molecule has 2 aromatic heterocycles. The lowest BCUT2D eigenvalue weighted by Gasteiger charge is -2.28. The summed E-state index contributed by atoms with van der Waals surface area (Å²) in [6.07, 6.45) is 3.58. The van der Waals surface area contributed by atoms with Gasteiger partial charge in [0.1, 0.15) is 6.54 Å². The number of aromatic nitrogens is 1. The van der Waals surface area contributed by atoms with Gasteiger partial charge in [-0.1, -0.05) is 76.2 Å². The molecule has 4 aromatic rings. The van der Waals surface area contributed by atoms with Gasteiger partial charge >= 0.3 is 0 Å². The number of carbonyl (C=O) groups is 2. The Hall–Kier alpha value is -3.38. The zero-order valence-electron chi connectivity index (χ0n) is 22.3. The van der Waals surface area contributed by atoms with Gasteiger partial charge in [-0.3, -0.25) is 9.59 Å². The average Bonchev–Trinajstić information content (AvgIpc) is 3.56. The molecule has 1 N–H and O–H groups in total. The molecule has 0 atom stereocenters. The molecule has 0 radical (unpaired) electrons. The van der Waals surface area contributed by atoms with Gasteiger partial charge in [0.25, 0.3) is 5.91 Å². The molecule has 2 amide bonds. The quantitative estimate of drug-likeness (QED) is 0.257. The van der Waals surface area contributed by atoms with Crippen LogP contribution in [0.3, 0.4) is 0 Å². The maximum Gasteiger partial charge on any atom is 0.264 e. The number of hydrogen-bond donors (Lipinski definition) is 1. The van der Waals surface area contributed by atoms with Gasteiger partial charge in [0, 0.05) is 36.7 Å². The average molecular weight is 516 g/mol. The number of fused-ring (bicyclic) bond motifs is 1. The summed E-state index contributed by atoms with van der Waals surface area (Å²) >= 11 is 1.42. The van der Waals surface area contributed by atoms with E-state index in [1.165, 1.54) is 27.8 Å². The fourth-order valence-corrected chi connectivity index (χ4v) is 5.25. The molecular formula is C31H37N3O2S. The van der Waals surface area contributed by atoms with Gasteiger partial charge in [-0.25, -0.2) is 0 Å². The molecule has 0 fully saturated rings. The highest BCUT2D eigenvalue weighted by Gasteiger charge is 2.23. The largest absolute Gasteiger partial charge is 0.361 e. The Bertz CT molecular complexity index is 1320. The minimum absolute atomic E-state index is 0.0295. The molecule has 4 rings (SSSR count). The summed E-state index contributed by atoms with van der Waals surface area (Å²) in [5.74, 6) is -0.102. The van der Waals surface area contributed by atoms with E-state index in [-0.39, 0.29) is 23.8 Å². The minimum atomic E-state index is -0.0729. The SMILES string of the molecule is CCCN(CC(=O)N(CCc1c[nH]c2ccccc12)Cc1ccc(C(C)(C)C)cc1)C(=O)c1cccs1. The van der Waals surface area contributed by atoms with Gasteiger partial charge < -0.3 is 14.8 Å². The van der Waals surface area contributed by atoms with Crippen molar-refractivity contribution in [2.75, 3.05) is 19.6 Å². The third-order valence-corrected chi connectivity index (χ3v) is 7.57. The van der Waals surface area contributed by atoms with Gasteiger partial charge in [0.2, 0.25) is 5.91 Å². The molecule has 37 heavy (non-hydrogen) atoms. The summed E-state index contributed by atoms with van der Waals surface area (Å²) in [5, 5.41) is 3.08. The van der Waals surface area contributed by atoms with E-state index >= 15 is 0 Å². The number of para-hydroxylation sites is 1. The topological polar surface area (TPSA) is 56.4 Å². The van der Waals surface area contributed by atoms with Gasteiger partial charge in [-0.15, -0.1) is 11.3 Å². The molecule has 0 saturated heterocycles. The summed E-state index contributed by atoms with van der Waals surface area (Å²) < 4.78 is 0. The normalized spacial score (nSPS) is 11.6. The molecule has 5 nitrogen and oxygen atoms in total. The van der Waals surface area contributed by atoms with E-state index < -0.39 is 0 Å². The van der Waals surface area contributed by atoms with Crippen LogP contribution in [0.25, 0.3) is 10.9 Å². The smallest absolute Gasteiger partial charge is 0.264 e. The number of rotatable bonds is 10. The molecule has 0 aliphatic rings. The van der Waals surface area contributed by atoms with Crippen molar-refractivity contribution < 1.29 is 9.59 Å². The number of nitrogens with one attached hydrogen (secondary N) is 1. The predicted molar refractivity (Wildman–Crippen MR) is 153 cm³/mol. The predicted octanol–water partition coefficient (Wildman–Crippen LogP) is 6.65. The first kappa shape index (κ1) is 26.7. The molecule has 194 valence electrons. The fourth-order valence-electron chi connectivity index (χ4n) is 4.56. The second-order valence-electron chi connectivity index (χ2n) is 10.6. The van der Waals surface area contributed by atoms with E-state index in [2.05, 4.69) is 62.2 Å². The molecule has 6 heteroatoms. The van der Waals surface area contributed by atoms with Crippen molar-refractivity contribution in [3.8, 4) is 0 Å². The first-order valence-electron chi connectivity index (χ1n) is 13.0. The molecule has 0 bridgehead atoms. The molecule has 0 aliphatic carbocycles. The highest BCUT2D eigenvalue weighted by Crippen LogP contribution is 2.23. The standard InChI is InChI=1S/C31H37N3O2S/c1-5-17-34(30(36)28-11-8-19-37-28)22-29(35)33(21-23-12-14-25(15-13-23)31(2,3)4)18-16-24-20-32-27-10-7-6-9-26(24)27/h6-15,19-20,32H,5,16-18,21-22H2,1-4H3. The minimum Gasteiger partial charge on any atom is -0.361 e. The summed E-state index contributed by atoms with van der Waals surface area (Å²) in [6.45, 7) is 10.4. The number of amides is 2. The van der Waals surface area contributed by atoms with Crippen LogP contribution in [0.5, 0.6) is 0 Å². The fraction of sp³-hybridized carbons (Fsp3) is 0.355. The summed E-state index contributed by atoms with van der Waals surface area (Å²) in [7, 11) is 0. The highest BCUT2D eigenvalue weighted by atomic mass is 32.1. The van der Waals surface area contributed by atoms with E-state index in [1.807, 2.05) is 47.7 Å². The molecule has 0 saturated carbocycles. The molecule has 0 aliphatic heterocycles. The molecular weight excluding hydrogens is 478 g/mol. The van der Waals surface area contributed by atoms with Gasteiger partial charge in [-0.05, 0) is 52.5 Å². The number of aromatic amines is 1. The van der Waals surface area contributed by atoms with Gasteiger partial charge in [-0.2, -0.15) is 0 Å². The zero-order chi connectivity index (χ0) is 26.4. The van der Waals surface area contributed by atoms with E-state index in [0.717, 1.165) is 23.9 Å². The van der Waals surface area contributed by atoms with Crippen LogP contribution in [0.15, 0.2) is 72.2 Å². The molecule has 0 unspecified atom stereocenters. The Kier molecular flexibility index (Phi) is 8.49. The number of benzene rings is 2. The van der Waals surface area contributed by atoms with Crippen LogP contribution in [0.4, 0.5) is 0 Å². The van der Waals surface area contributed by atoms with E-state index in [4.69, 9.17) is 0 Å². The first-order valence-corrected chi connectivity index (χ1v) is 13.9. The molecule has 2 aromatic carbocycles. The first-order chi connectivity index (χ1) is 17.8. The number of thiophene rings is 1. The van der Waals surface area contributed by atoms with E-state index in [9.17, 15) is 9.59 Å². The number of hydrogen-bond acceptors (Lipinski definition) is 3. The summed E-state index contributed by atoms with van der Waals surface area (Å²) in [5.41, 5.74) is 4.72. The second-order valence-corrected chi connectivity index (χ2v) is 11.5. The van der Waals surface area contributed by atoms with Gasteiger partial charge in [0.05, 0.1) is 4.88 Å². The molecule has 0 spiro atoms. The van der Waals surface area contributed by atoms with Crippen LogP contribution < -0.4 is 0 Å². The van der Waals surface area contributed by atoms with Crippen molar-refractivity contribution in [3.63, 3.8) is 0 Å². The molecule has 2 heterocycles. The monoisotopic (exact) mass is 515 g/mol. The number of nitrogens with zero attached hydrogens (tertiary/aromatic N) is 2. The van der Waals surface area contributed by atoms with Crippen LogP contribution in [0.1, 0.15) is 60.5 Å². The Morgan fingerprint density at radius 3 is 2.35 bits per heavy atom. The van der Waals surface area contributed by atoms with Gasteiger partial charge in [0.15, 0.2) is 0 Å². The maximum atomic E-state index is 13.7. The lowest BCUT2D eigenvalue weighted by atomic mass is 9.87. The Morgan fingerprint density at radius 2 is 1.68 bits per heavy atom. The number of H-pyrrole nitrogens is 1. The highest BCUT2D eigenvalue weighted by molar-refractivity contribution is 7.12. The summed E-state index contributed by atoms with van der Waals surface area (Å²) in [6, 6.07) is 20.5. The van der Waals surface area contributed by atoms with Crippen LogP contribution in [0, 0.1) is 0 Å². The van der Waals surface area contributed by atoms with Crippen LogP contribution in [0.2, 0.25) is 0 Å². The third-order valence-electron chi connectivity index (χ3n) is 6.71. The van der Waals surface area contributed by atoms with Crippen molar-refractivity contribution >= 4 is 34.1 Å². The Labute approximate surface area is 224 Å². The lowest BCUT2D eigenvalue weighted by molar-refractivity contribution is -0.132. The van der Waals surface area contributed by atoms with E-state index in [1.54, 1.807) is 4.90 Å². The Morgan fingerprint density at radius 1 is 0.919 bits per heavy atom.